The van der Waals surface area contributed by atoms with Crippen LogP contribution in [0.15, 0.2) is 12.2 Å². The van der Waals surface area contributed by atoms with Gasteiger partial charge in [0.2, 0.25) is 0 Å². The smallest absolute Gasteiger partial charge is 0.306 e. The average Bonchev–Trinajstić information content (AvgIpc) is 3.77. The summed E-state index contributed by atoms with van der Waals surface area (Å²) in [5, 5.41) is 0. The molecule has 81 heavy (non-hydrogen) atoms. The van der Waals surface area contributed by atoms with Crippen molar-refractivity contribution in [3.63, 3.8) is 0 Å². The van der Waals surface area contributed by atoms with E-state index in [0.717, 1.165) is 4.90 Å². The molecule has 1 heterocycles. The summed E-state index contributed by atoms with van der Waals surface area (Å²) in [5.41, 5.74) is -0.471. The number of ether oxygens (including phenoxy) is 2. The van der Waals surface area contributed by atoms with Crippen molar-refractivity contribution < 1.29 is 23.9 Å². The molecule has 1 rings (SSSR count). The fourth-order valence-electron chi connectivity index (χ4n) is 3.44. The molecule has 6 nitrogen and oxygen atoms in total. The van der Waals surface area contributed by atoms with Gasteiger partial charge in [-0.2, -0.15) is 0 Å². The highest BCUT2D eigenvalue weighted by molar-refractivity contribution is 6.12. The fourth-order valence-corrected chi connectivity index (χ4v) is 3.44. The van der Waals surface area contributed by atoms with E-state index in [1.165, 1.54) is 12.2 Å². The Morgan fingerprint density at radius 3 is 0.778 bits per heavy atom. The van der Waals surface area contributed by atoms with Crippen LogP contribution in [-0.4, -0.2) is 48.0 Å². The van der Waals surface area contributed by atoms with E-state index in [4.69, 9.17) is 15.9 Å². The van der Waals surface area contributed by atoms with Gasteiger partial charge in [0.25, 0.3) is 11.8 Å². The van der Waals surface area contributed by atoms with E-state index in [0.29, 0.717) is 19.4 Å². The van der Waals surface area contributed by atoms with Crippen molar-refractivity contribution in [3.8, 4) is 356 Å². The maximum atomic E-state index is 11.4. The Kier molecular flexibility index (Phi) is 43.2. The zero-order valence-corrected chi connectivity index (χ0v) is 43.3. The Morgan fingerprint density at radius 1 is 0.370 bits per heavy atom. The highest BCUT2D eigenvalue weighted by Crippen LogP contribution is 2.09. The maximum Gasteiger partial charge on any atom is 0.306 e. The summed E-state index contributed by atoms with van der Waals surface area (Å²) < 4.78 is 10.4. The van der Waals surface area contributed by atoms with Gasteiger partial charge in [0.15, 0.2) is 0 Å². The highest BCUT2D eigenvalue weighted by atomic mass is 16.6. The summed E-state index contributed by atoms with van der Waals surface area (Å²) in [5.74, 6) is 146. The Bertz CT molecular complexity index is 4620. The van der Waals surface area contributed by atoms with Crippen LogP contribution >= 0.6 is 0 Å². The molecule has 0 unspecified atom stereocenters. The van der Waals surface area contributed by atoms with Gasteiger partial charge < -0.3 is 9.47 Å². The number of esters is 1. The van der Waals surface area contributed by atoms with Crippen LogP contribution in [0.4, 0.5) is 0 Å². The van der Waals surface area contributed by atoms with Crippen LogP contribution in [0.3, 0.4) is 0 Å². The third-order valence-corrected chi connectivity index (χ3v) is 6.15. The van der Waals surface area contributed by atoms with Crippen molar-refractivity contribution in [2.45, 2.75) is 46.1 Å². The number of rotatable bonds is 7. The van der Waals surface area contributed by atoms with Crippen molar-refractivity contribution in [2.75, 3.05) is 19.8 Å². The van der Waals surface area contributed by atoms with E-state index in [1.807, 2.05) is 20.8 Å². The Labute approximate surface area is 478 Å². The minimum atomic E-state index is -0.471. The van der Waals surface area contributed by atoms with Crippen LogP contribution in [0.1, 0.15) is 40.5 Å². The van der Waals surface area contributed by atoms with Crippen molar-refractivity contribution >= 4 is 17.8 Å². The molecule has 1 aliphatic rings. The summed E-state index contributed by atoms with van der Waals surface area (Å²) in [6.07, 6.45) is 8.27. The molecule has 0 aromatic heterocycles. The molecule has 0 bridgehead atoms. The predicted molar refractivity (Wildman–Crippen MR) is 312 cm³/mol. The van der Waals surface area contributed by atoms with E-state index in [-0.39, 0.29) is 30.9 Å². The van der Waals surface area contributed by atoms with E-state index in [9.17, 15) is 14.4 Å². The highest BCUT2D eigenvalue weighted by Gasteiger charge is 2.22. The second kappa shape index (κ2) is 52.9. The van der Waals surface area contributed by atoms with E-state index >= 15 is 0 Å². The van der Waals surface area contributed by atoms with Crippen molar-refractivity contribution in [1.82, 2.24) is 4.90 Å². The molecule has 0 saturated heterocycles. The van der Waals surface area contributed by atoms with Gasteiger partial charge in [-0.1, -0.05) is 5.92 Å². The van der Waals surface area contributed by atoms with Crippen LogP contribution in [0.2, 0.25) is 0 Å². The topological polar surface area (TPSA) is 72.9 Å². The second-order valence-electron chi connectivity index (χ2n) is 13.0. The zero-order chi connectivity index (χ0) is 58.9. The van der Waals surface area contributed by atoms with Gasteiger partial charge in [-0.05, 0) is 129 Å². The average molecular weight is 1020 g/mol. The summed E-state index contributed by atoms with van der Waals surface area (Å²) >= 11 is 0. The maximum absolute atomic E-state index is 11.4. The molecule has 0 radical (unpaired) electrons. The molecular formula is C75H25NO5. The third-order valence-electron chi connectivity index (χ3n) is 6.15. The molecule has 0 spiro atoms. The van der Waals surface area contributed by atoms with Crippen molar-refractivity contribution in [1.29, 1.82) is 0 Å². The van der Waals surface area contributed by atoms with Gasteiger partial charge in [-0.3, -0.25) is 19.3 Å². The van der Waals surface area contributed by atoms with Gasteiger partial charge in [0, 0.05) is 274 Å². The number of terminal acetylenes is 1. The number of amides is 2. The normalized spacial score (nSPS) is 6.68. The number of hydrogen-bond donors (Lipinski definition) is 0. The fraction of sp³-hybridized carbons (Fsp3) is 0.133. The molecule has 360 valence electrons. The lowest BCUT2D eigenvalue weighted by Crippen LogP contribution is -2.33. The van der Waals surface area contributed by atoms with Crippen LogP contribution in [0, 0.1) is 356 Å². The first kappa shape index (κ1) is 66.1. The summed E-state index contributed by atoms with van der Waals surface area (Å²) in [6.45, 7) is 8.04. The van der Waals surface area contributed by atoms with Crippen LogP contribution in [0.25, 0.3) is 0 Å². The first-order valence-corrected chi connectivity index (χ1v) is 21.9. The summed E-state index contributed by atoms with van der Waals surface area (Å²) in [7, 11) is 0. The van der Waals surface area contributed by atoms with Crippen LogP contribution in [0.5, 0.6) is 0 Å². The molecule has 0 aliphatic carbocycles. The molecule has 0 saturated carbocycles. The molecule has 0 aromatic carbocycles. The van der Waals surface area contributed by atoms with Crippen LogP contribution < -0.4 is 0 Å². The van der Waals surface area contributed by atoms with Crippen molar-refractivity contribution in [3.05, 3.63) is 12.2 Å². The molecule has 0 atom stereocenters. The first-order chi connectivity index (χ1) is 39.7. The van der Waals surface area contributed by atoms with E-state index < -0.39 is 5.60 Å². The molecule has 2 amide bonds. The molecule has 0 aromatic rings. The lowest BCUT2D eigenvalue weighted by atomic mass is 10.2. The minimum Gasteiger partial charge on any atom is -0.460 e. The predicted octanol–water partition coefficient (Wildman–Crippen LogP) is 1.79. The Balaban J connectivity index is 0.00000266. The van der Waals surface area contributed by atoms with Gasteiger partial charge in [0.1, 0.15) is 5.60 Å². The summed E-state index contributed by atoms with van der Waals surface area (Å²) in [6, 6.07) is 0. The van der Waals surface area contributed by atoms with Gasteiger partial charge >= 0.3 is 5.97 Å². The zero-order valence-electron chi connectivity index (χ0n) is 43.3. The number of hydrogen-bond acceptors (Lipinski definition) is 5. The van der Waals surface area contributed by atoms with Crippen LogP contribution in [-0.2, 0) is 23.9 Å². The number of carbonyl (C=O) groups is 3. The molecule has 1 aliphatic heterocycles. The van der Waals surface area contributed by atoms with E-state index in [2.05, 4.69) is 349 Å². The first-order valence-electron chi connectivity index (χ1n) is 21.9. The largest absolute Gasteiger partial charge is 0.460 e. The lowest BCUT2D eigenvalue weighted by molar-refractivity contribution is -0.155. The number of nitrogens with zero attached hydrogens (tertiary/aromatic N) is 1. The standard InChI is InChI=1S/C61H4.C14H21NO5/c1-3-5-7-9-11-13-15-17-19-21-23-25-27-29-31-33-35-37-39-41-43-45-47-49-51-53-55-57-59-61-60-58-56-54-52-50-48-46-44-42-40-38-36-34-32-30-28-26-24-22-20-18-16-14-12-10-8-6-4-2;1-14(2,3)20-13(18)5-4-9-19-10-8-15-11(16)6-7-12(15)17/h1H,2H3;6-7H,4-5,8-10H2,1-3H3. The molecule has 6 heteroatoms. The number of carbonyl (C=O) groups excluding carboxylic acids is 3. The quantitative estimate of drug-likeness (QED) is 0.169. The van der Waals surface area contributed by atoms with Gasteiger partial charge in [-0.15, -0.1) is 6.42 Å². The summed E-state index contributed by atoms with van der Waals surface area (Å²) in [4.78, 5) is 35.0. The molecule has 0 N–H and O–H groups in total. The SMILES string of the molecule is C#CC#CC#CC#CC#CC#CC#CC#CC#CC#CC#CC#CC#CC#CC#CC#CC#CC#CC#CC#CC#CC#CC#CC#CC#CC#CC#CC#CC#CC#CC.CC(C)(C)OC(=O)CCCOCCN1C(=O)C=CC1=O. The lowest BCUT2D eigenvalue weighted by Gasteiger charge is -2.19. The second-order valence-corrected chi connectivity index (χ2v) is 13.0. The number of imide groups is 1. The van der Waals surface area contributed by atoms with E-state index in [1.54, 1.807) is 6.92 Å². The van der Waals surface area contributed by atoms with Gasteiger partial charge in [0.05, 0.1) is 13.2 Å². The van der Waals surface area contributed by atoms with Crippen molar-refractivity contribution in [2.24, 2.45) is 0 Å². The molecule has 0 fully saturated rings. The minimum absolute atomic E-state index is 0.233. The molecular weight excluding hydrogens is 995 g/mol. The monoisotopic (exact) mass is 1020 g/mol. The van der Waals surface area contributed by atoms with Gasteiger partial charge in [-0.25, -0.2) is 0 Å². The Morgan fingerprint density at radius 2 is 0.580 bits per heavy atom. The third kappa shape index (κ3) is 52.8. The Hall–Kier alpha value is -14.9.